The summed E-state index contributed by atoms with van der Waals surface area (Å²) in [6, 6.07) is 25.3. The molecule has 0 saturated heterocycles. The zero-order chi connectivity index (χ0) is 21.6. The third kappa shape index (κ3) is 3.07. The van der Waals surface area contributed by atoms with Gasteiger partial charge in [-0.25, -0.2) is 0 Å². The second-order valence-electron chi connectivity index (χ2n) is 8.44. The fourth-order valence-corrected chi connectivity index (χ4v) is 4.55. The molecule has 0 fully saturated rings. The predicted molar refractivity (Wildman–Crippen MR) is 127 cm³/mol. The van der Waals surface area contributed by atoms with Crippen LogP contribution in [0.15, 0.2) is 78.9 Å². The van der Waals surface area contributed by atoms with Crippen LogP contribution < -0.4 is 4.74 Å². The van der Waals surface area contributed by atoms with Crippen molar-refractivity contribution >= 4 is 16.8 Å². The van der Waals surface area contributed by atoms with Gasteiger partial charge in [0.1, 0.15) is 5.75 Å². The molecule has 2 heteroatoms. The molecule has 1 N–H and O–H groups in total. The lowest BCUT2D eigenvalue weighted by molar-refractivity contribution is 0.163. The summed E-state index contributed by atoms with van der Waals surface area (Å²) in [5.41, 5.74) is 6.93. The summed E-state index contributed by atoms with van der Waals surface area (Å²) in [7, 11) is 0. The van der Waals surface area contributed by atoms with E-state index in [9.17, 15) is 5.11 Å². The standard InChI is InChI=1S/C29H26O2/c1-19-9-12-24(13-10-19)29(23-7-5-4-6-8-23)16-15-25-22(18-30)17-27-21(3)20(2)11-14-26(27)28(25)31-29/h4-17,30H,18H2,1-3H3. The van der Waals surface area contributed by atoms with Crippen molar-refractivity contribution in [3.05, 3.63) is 118 Å². The third-order valence-electron chi connectivity index (χ3n) is 6.54. The van der Waals surface area contributed by atoms with Crippen LogP contribution in [0.2, 0.25) is 0 Å². The van der Waals surface area contributed by atoms with Crippen molar-refractivity contribution < 1.29 is 9.84 Å². The normalized spacial score (nSPS) is 17.4. The summed E-state index contributed by atoms with van der Waals surface area (Å²) in [6.07, 6.45) is 4.24. The first kappa shape index (κ1) is 19.6. The maximum atomic E-state index is 10.1. The lowest BCUT2D eigenvalue weighted by Crippen LogP contribution is -2.34. The lowest BCUT2D eigenvalue weighted by Gasteiger charge is -2.37. The Kier molecular flexibility index (Phi) is 4.68. The summed E-state index contributed by atoms with van der Waals surface area (Å²) < 4.78 is 6.98. The van der Waals surface area contributed by atoms with Crippen LogP contribution in [-0.4, -0.2) is 5.11 Å². The number of ether oxygens (including phenoxy) is 1. The molecule has 1 atom stereocenters. The van der Waals surface area contributed by atoms with E-state index in [-0.39, 0.29) is 6.61 Å². The molecule has 0 aliphatic carbocycles. The number of aliphatic hydroxyl groups excluding tert-OH is 1. The average molecular weight is 407 g/mol. The predicted octanol–water partition coefficient (Wildman–Crippen LogP) is 6.61. The molecule has 5 rings (SSSR count). The fraction of sp³-hybridized carbons (Fsp3) is 0.172. The largest absolute Gasteiger partial charge is 0.472 e. The Morgan fingerprint density at radius 3 is 2.23 bits per heavy atom. The number of fused-ring (bicyclic) bond motifs is 3. The Morgan fingerprint density at radius 1 is 0.806 bits per heavy atom. The molecule has 0 saturated carbocycles. The molecule has 1 heterocycles. The van der Waals surface area contributed by atoms with E-state index in [1.54, 1.807) is 0 Å². The van der Waals surface area contributed by atoms with Gasteiger partial charge in [0.2, 0.25) is 0 Å². The van der Waals surface area contributed by atoms with Gasteiger partial charge in [-0.3, -0.25) is 0 Å². The van der Waals surface area contributed by atoms with Gasteiger partial charge in [-0.05, 0) is 55.0 Å². The second kappa shape index (κ2) is 7.40. The molecule has 0 amide bonds. The average Bonchev–Trinajstić information content (AvgIpc) is 2.81. The molecule has 154 valence electrons. The van der Waals surface area contributed by atoms with E-state index in [2.05, 4.69) is 87.5 Å². The summed E-state index contributed by atoms with van der Waals surface area (Å²) in [6.45, 7) is 6.32. The van der Waals surface area contributed by atoms with Gasteiger partial charge in [0.25, 0.3) is 0 Å². The van der Waals surface area contributed by atoms with Crippen molar-refractivity contribution in [3.63, 3.8) is 0 Å². The Hall–Kier alpha value is -3.36. The van der Waals surface area contributed by atoms with Crippen LogP contribution in [0.25, 0.3) is 16.8 Å². The first-order valence-electron chi connectivity index (χ1n) is 10.7. The zero-order valence-electron chi connectivity index (χ0n) is 18.1. The monoisotopic (exact) mass is 406 g/mol. The summed E-state index contributed by atoms with van der Waals surface area (Å²) >= 11 is 0. The van der Waals surface area contributed by atoms with E-state index in [0.717, 1.165) is 38.8 Å². The number of hydrogen-bond donors (Lipinski definition) is 1. The molecule has 1 aliphatic heterocycles. The van der Waals surface area contributed by atoms with Crippen molar-refractivity contribution in [1.82, 2.24) is 0 Å². The molecule has 1 aliphatic rings. The Balaban J connectivity index is 1.82. The highest BCUT2D eigenvalue weighted by Crippen LogP contribution is 2.46. The van der Waals surface area contributed by atoms with Crippen LogP contribution in [0, 0.1) is 20.8 Å². The number of benzene rings is 4. The summed E-state index contributed by atoms with van der Waals surface area (Å²) in [5, 5.41) is 12.3. The maximum Gasteiger partial charge on any atom is 0.178 e. The molecule has 1 unspecified atom stereocenters. The van der Waals surface area contributed by atoms with Gasteiger partial charge in [-0.15, -0.1) is 0 Å². The van der Waals surface area contributed by atoms with Crippen LogP contribution in [-0.2, 0) is 12.2 Å². The van der Waals surface area contributed by atoms with Crippen LogP contribution in [0.3, 0.4) is 0 Å². The first-order valence-corrected chi connectivity index (χ1v) is 10.7. The quantitative estimate of drug-likeness (QED) is 0.415. The Labute approximate surface area is 183 Å². The number of aliphatic hydroxyl groups is 1. The van der Waals surface area contributed by atoms with Crippen molar-refractivity contribution in [3.8, 4) is 5.75 Å². The molecule has 31 heavy (non-hydrogen) atoms. The minimum absolute atomic E-state index is 0.0256. The molecule has 2 nitrogen and oxygen atoms in total. The highest BCUT2D eigenvalue weighted by Gasteiger charge is 2.38. The lowest BCUT2D eigenvalue weighted by atomic mass is 9.82. The van der Waals surface area contributed by atoms with Gasteiger partial charge in [-0.1, -0.05) is 78.4 Å². The first-order chi connectivity index (χ1) is 15.0. The van der Waals surface area contributed by atoms with Crippen molar-refractivity contribution in [2.45, 2.75) is 33.0 Å². The van der Waals surface area contributed by atoms with E-state index in [4.69, 9.17) is 4.74 Å². The van der Waals surface area contributed by atoms with Gasteiger partial charge < -0.3 is 9.84 Å². The topological polar surface area (TPSA) is 29.5 Å². The van der Waals surface area contributed by atoms with Crippen molar-refractivity contribution in [1.29, 1.82) is 0 Å². The maximum absolute atomic E-state index is 10.1. The third-order valence-corrected chi connectivity index (χ3v) is 6.54. The van der Waals surface area contributed by atoms with Crippen molar-refractivity contribution in [2.24, 2.45) is 0 Å². The van der Waals surface area contributed by atoms with Crippen LogP contribution in [0.4, 0.5) is 0 Å². The minimum Gasteiger partial charge on any atom is -0.472 e. The highest BCUT2D eigenvalue weighted by atomic mass is 16.5. The summed E-state index contributed by atoms with van der Waals surface area (Å²) in [5.74, 6) is 0.830. The molecule has 0 spiro atoms. The van der Waals surface area contributed by atoms with Gasteiger partial charge in [0.15, 0.2) is 5.60 Å². The smallest absolute Gasteiger partial charge is 0.178 e. The highest BCUT2D eigenvalue weighted by molar-refractivity contribution is 5.96. The fourth-order valence-electron chi connectivity index (χ4n) is 4.55. The van der Waals surface area contributed by atoms with E-state index < -0.39 is 5.60 Å². The number of aryl methyl sites for hydroxylation is 3. The molecule has 0 aromatic heterocycles. The van der Waals surface area contributed by atoms with E-state index in [1.165, 1.54) is 16.7 Å². The van der Waals surface area contributed by atoms with Crippen LogP contribution >= 0.6 is 0 Å². The minimum atomic E-state index is -0.734. The zero-order valence-corrected chi connectivity index (χ0v) is 18.1. The molecular weight excluding hydrogens is 380 g/mol. The molecular formula is C29H26O2. The van der Waals surface area contributed by atoms with Crippen molar-refractivity contribution in [2.75, 3.05) is 0 Å². The number of rotatable bonds is 3. The second-order valence-corrected chi connectivity index (χ2v) is 8.44. The van der Waals surface area contributed by atoms with E-state index in [0.29, 0.717) is 0 Å². The molecule has 4 aromatic rings. The van der Waals surface area contributed by atoms with Gasteiger partial charge in [-0.2, -0.15) is 0 Å². The van der Waals surface area contributed by atoms with Gasteiger partial charge in [0.05, 0.1) is 6.61 Å². The Morgan fingerprint density at radius 2 is 1.52 bits per heavy atom. The number of hydrogen-bond acceptors (Lipinski definition) is 2. The SMILES string of the molecule is Cc1ccc(C2(c3ccccc3)C=Cc3c(CO)cc4c(C)c(C)ccc4c3O2)cc1. The Bertz CT molecular complexity index is 1300. The van der Waals surface area contributed by atoms with Gasteiger partial charge in [0, 0.05) is 22.1 Å². The molecule has 0 bridgehead atoms. The van der Waals surface area contributed by atoms with E-state index >= 15 is 0 Å². The summed E-state index contributed by atoms with van der Waals surface area (Å²) in [4.78, 5) is 0. The van der Waals surface area contributed by atoms with Crippen LogP contribution in [0.5, 0.6) is 5.75 Å². The van der Waals surface area contributed by atoms with Gasteiger partial charge >= 0.3 is 0 Å². The molecule has 0 radical (unpaired) electrons. The van der Waals surface area contributed by atoms with Crippen LogP contribution in [0.1, 0.15) is 38.9 Å². The van der Waals surface area contributed by atoms with E-state index in [1.807, 2.05) is 18.2 Å². The molecule has 4 aromatic carbocycles.